The number of nitrogens with zero attached hydrogens (tertiary/aromatic N) is 5. The zero-order valence-electron chi connectivity index (χ0n) is 19.3. The highest BCUT2D eigenvalue weighted by Crippen LogP contribution is 2.46. The number of carbonyl (C=O) groups excluding carboxylic acids is 1. The van der Waals surface area contributed by atoms with Gasteiger partial charge in [0.25, 0.3) is 0 Å². The summed E-state index contributed by atoms with van der Waals surface area (Å²) in [7, 11) is 6.33. The van der Waals surface area contributed by atoms with Gasteiger partial charge in [-0.05, 0) is 56.9 Å². The second-order valence-corrected chi connectivity index (χ2v) is 9.72. The van der Waals surface area contributed by atoms with E-state index in [2.05, 4.69) is 34.7 Å². The molecule has 1 spiro atoms. The van der Waals surface area contributed by atoms with Crippen LogP contribution in [0.15, 0.2) is 47.4 Å². The molecule has 2 aromatic rings. The molecule has 2 aromatic heterocycles. The number of pyridine rings is 2. The number of rotatable bonds is 0. The first-order chi connectivity index (χ1) is 15.9. The highest BCUT2D eigenvalue weighted by molar-refractivity contribution is 6.33. The molecule has 0 bridgehead atoms. The molecule has 6 nitrogen and oxygen atoms in total. The zero-order chi connectivity index (χ0) is 22.9. The molecule has 0 saturated carbocycles. The molecule has 1 aliphatic carbocycles. The fraction of sp³-hybridized carbons (Fsp3) is 0.385. The molecule has 1 fully saturated rings. The third kappa shape index (κ3) is 2.94. The number of ketones is 1. The maximum Gasteiger partial charge on any atom is 0.161 e. The quantitative estimate of drug-likeness (QED) is 0.594. The summed E-state index contributed by atoms with van der Waals surface area (Å²) in [5.74, 6) is 3.06. The topological polar surface area (TPSA) is 61.7 Å². The number of likely N-dealkylation sites (tertiary alicyclic amines) is 1. The third-order valence-electron chi connectivity index (χ3n) is 7.66. The van der Waals surface area contributed by atoms with Crippen LogP contribution < -0.4 is 10.4 Å². The van der Waals surface area contributed by atoms with E-state index in [-0.39, 0.29) is 17.1 Å². The number of aryl methyl sites for hydroxylation is 2. The molecule has 4 aliphatic rings. The van der Waals surface area contributed by atoms with Crippen LogP contribution in [0.2, 0.25) is 0 Å². The Morgan fingerprint density at radius 1 is 1.21 bits per heavy atom. The first-order valence-corrected chi connectivity index (χ1v) is 11.7. The lowest BCUT2D eigenvalue weighted by molar-refractivity contribution is -0.124. The summed E-state index contributed by atoms with van der Waals surface area (Å²) in [6, 6.07) is 4.04. The maximum absolute atomic E-state index is 12.5. The second kappa shape index (κ2) is 7.14. The van der Waals surface area contributed by atoms with Crippen LogP contribution in [0, 0.1) is 19.3 Å². The van der Waals surface area contributed by atoms with Crippen LogP contribution in [-0.2, 0) is 4.79 Å². The Labute approximate surface area is 195 Å². The van der Waals surface area contributed by atoms with E-state index >= 15 is 0 Å². The first kappa shape index (κ1) is 20.4. The molecule has 33 heavy (non-hydrogen) atoms. The van der Waals surface area contributed by atoms with Crippen LogP contribution in [0.4, 0.5) is 11.5 Å². The van der Waals surface area contributed by atoms with Crippen molar-refractivity contribution < 1.29 is 4.79 Å². The summed E-state index contributed by atoms with van der Waals surface area (Å²) in [5, 5.41) is 0. The van der Waals surface area contributed by atoms with Gasteiger partial charge in [-0.15, -0.1) is 0 Å². The van der Waals surface area contributed by atoms with Gasteiger partial charge in [-0.2, -0.15) is 0 Å². The Morgan fingerprint density at radius 2 is 2.00 bits per heavy atom. The summed E-state index contributed by atoms with van der Waals surface area (Å²) in [5.41, 5.74) is 5.42. The molecule has 0 aromatic carbocycles. The van der Waals surface area contributed by atoms with E-state index in [0.29, 0.717) is 5.46 Å². The first-order valence-electron chi connectivity index (χ1n) is 11.7. The summed E-state index contributed by atoms with van der Waals surface area (Å²) in [6.45, 7) is 7.79. The van der Waals surface area contributed by atoms with Crippen molar-refractivity contribution in [2.45, 2.75) is 46.0 Å². The number of aromatic nitrogens is 2. The molecule has 6 rings (SSSR count). The van der Waals surface area contributed by atoms with Crippen molar-refractivity contribution in [1.29, 1.82) is 0 Å². The van der Waals surface area contributed by atoms with Crippen molar-refractivity contribution >= 4 is 36.4 Å². The van der Waals surface area contributed by atoms with Gasteiger partial charge in [0.2, 0.25) is 0 Å². The van der Waals surface area contributed by atoms with Crippen LogP contribution in [0.5, 0.6) is 0 Å². The fourth-order valence-corrected chi connectivity index (χ4v) is 5.61. The van der Waals surface area contributed by atoms with Gasteiger partial charge in [-0.25, -0.2) is 9.98 Å². The number of carbonyl (C=O) groups is 1. The normalized spacial score (nSPS) is 22.6. The molecule has 2 radical (unpaired) electrons. The Kier molecular flexibility index (Phi) is 4.41. The molecule has 3 aliphatic heterocycles. The van der Waals surface area contributed by atoms with Gasteiger partial charge in [0.1, 0.15) is 25.3 Å². The second-order valence-electron chi connectivity index (χ2n) is 9.72. The Hall–Kier alpha value is -3.22. The van der Waals surface area contributed by atoms with E-state index < -0.39 is 0 Å². The standard InChI is InChI=1S/C26H26BN5O/c1-15-6-10-28-22-16(2)13-21-30-24(31-11-8-26(9-12-31)7-4-5-20(26)33)18-14-19(27)17(3)29-25(18)32(21)23(15)22/h4-6,10,13-14,16H,7-9,11-12H2,1-3H3. The average Bonchev–Trinajstić information content (AvgIpc) is 3.14. The molecule has 1 saturated heterocycles. The van der Waals surface area contributed by atoms with Crippen molar-refractivity contribution in [1.82, 2.24) is 14.9 Å². The van der Waals surface area contributed by atoms with Gasteiger partial charge in [-0.3, -0.25) is 14.7 Å². The van der Waals surface area contributed by atoms with Crippen molar-refractivity contribution in [2.75, 3.05) is 18.0 Å². The number of amidine groups is 1. The molecule has 164 valence electrons. The van der Waals surface area contributed by atoms with Crippen LogP contribution in [0.1, 0.15) is 54.6 Å². The van der Waals surface area contributed by atoms with E-state index in [1.807, 2.05) is 31.3 Å². The lowest BCUT2D eigenvalue weighted by Crippen LogP contribution is -2.47. The molecular formula is C26H26BN5O. The van der Waals surface area contributed by atoms with E-state index in [4.69, 9.17) is 17.8 Å². The molecule has 0 amide bonds. The number of aliphatic imine (C=N–C) groups is 1. The predicted octanol–water partition coefficient (Wildman–Crippen LogP) is 3.36. The molecule has 5 heterocycles. The lowest BCUT2D eigenvalue weighted by atomic mass is 9.75. The van der Waals surface area contributed by atoms with Gasteiger partial charge >= 0.3 is 0 Å². The van der Waals surface area contributed by atoms with E-state index in [1.54, 1.807) is 6.08 Å². The molecule has 7 heteroatoms. The molecule has 0 N–H and O–H groups in total. The largest absolute Gasteiger partial charge is 0.356 e. The van der Waals surface area contributed by atoms with E-state index in [1.165, 1.54) is 0 Å². The molecular weight excluding hydrogens is 409 g/mol. The van der Waals surface area contributed by atoms with Gasteiger partial charge in [0.15, 0.2) is 5.78 Å². The van der Waals surface area contributed by atoms with Crippen molar-refractivity contribution in [2.24, 2.45) is 10.4 Å². The van der Waals surface area contributed by atoms with Crippen LogP contribution in [0.25, 0.3) is 0 Å². The van der Waals surface area contributed by atoms with Gasteiger partial charge in [-0.1, -0.05) is 24.5 Å². The monoisotopic (exact) mass is 435 g/mol. The van der Waals surface area contributed by atoms with E-state index in [0.717, 1.165) is 78.0 Å². The summed E-state index contributed by atoms with van der Waals surface area (Å²) >= 11 is 0. The van der Waals surface area contributed by atoms with Crippen LogP contribution in [0.3, 0.4) is 0 Å². The number of hydrogen-bond donors (Lipinski definition) is 0. The Balaban J connectivity index is 1.46. The van der Waals surface area contributed by atoms with Gasteiger partial charge in [0.05, 0.1) is 16.9 Å². The summed E-state index contributed by atoms with van der Waals surface area (Å²) in [4.78, 5) is 31.8. The highest BCUT2D eigenvalue weighted by atomic mass is 16.1. The Bertz CT molecular complexity index is 1290. The van der Waals surface area contributed by atoms with Crippen molar-refractivity contribution in [3.8, 4) is 0 Å². The average molecular weight is 435 g/mol. The minimum Gasteiger partial charge on any atom is -0.356 e. The number of fused-ring (bicyclic) bond motifs is 5. The highest BCUT2D eigenvalue weighted by Gasteiger charge is 2.43. The number of anilines is 2. The third-order valence-corrected chi connectivity index (χ3v) is 7.66. The Morgan fingerprint density at radius 3 is 2.73 bits per heavy atom. The van der Waals surface area contributed by atoms with Crippen molar-refractivity contribution in [3.63, 3.8) is 0 Å². The predicted molar refractivity (Wildman–Crippen MR) is 131 cm³/mol. The molecule has 1 unspecified atom stereocenters. The maximum atomic E-state index is 12.5. The zero-order valence-corrected chi connectivity index (χ0v) is 19.3. The smallest absolute Gasteiger partial charge is 0.161 e. The lowest BCUT2D eigenvalue weighted by Gasteiger charge is -2.43. The summed E-state index contributed by atoms with van der Waals surface area (Å²) in [6.07, 6.45) is 10.4. The number of allylic oxidation sites excluding steroid dienone is 3. The minimum absolute atomic E-state index is 0.152. The van der Waals surface area contributed by atoms with Gasteiger partial charge < -0.3 is 4.90 Å². The number of hydrogen-bond acceptors (Lipinski definition) is 6. The SMILES string of the molecule is [B]c1cc2c(nc1C)N1C(=CC(C)c3nccc(C)c31)N=C2N1CCC2(CC=CC2=O)CC1. The van der Waals surface area contributed by atoms with Gasteiger partial charge in [0, 0.05) is 36.3 Å². The summed E-state index contributed by atoms with van der Waals surface area (Å²) < 4.78 is 0. The van der Waals surface area contributed by atoms with E-state index in [9.17, 15) is 4.79 Å². The van der Waals surface area contributed by atoms with Crippen LogP contribution >= 0.6 is 0 Å². The van der Waals surface area contributed by atoms with Crippen molar-refractivity contribution in [3.05, 3.63) is 64.9 Å². The van der Waals surface area contributed by atoms with Crippen LogP contribution in [-0.4, -0.2) is 47.4 Å². The minimum atomic E-state index is -0.217. The molecule has 1 atom stereocenters. The number of piperidine rings is 1. The fourth-order valence-electron chi connectivity index (χ4n) is 5.61.